The number of amides is 1. The Kier molecular flexibility index (Phi) is 14.5. The summed E-state index contributed by atoms with van der Waals surface area (Å²) in [6, 6.07) is 2.95. The Morgan fingerprint density at radius 1 is 0.737 bits per heavy atom. The van der Waals surface area contributed by atoms with Gasteiger partial charge in [0, 0.05) is 11.6 Å². The summed E-state index contributed by atoms with van der Waals surface area (Å²) >= 11 is 0. The number of carbonyl (C=O) groups is 2. The second-order valence-electron chi connectivity index (χ2n) is 14.2. The summed E-state index contributed by atoms with van der Waals surface area (Å²) in [5.74, 6) is -1.31. The number of hydrogen-bond acceptors (Lipinski definition) is 8. The van der Waals surface area contributed by atoms with Crippen molar-refractivity contribution in [1.29, 1.82) is 0 Å². The van der Waals surface area contributed by atoms with Crippen LogP contribution in [-0.4, -0.2) is 65.4 Å². The van der Waals surface area contributed by atoms with Gasteiger partial charge in [0.25, 0.3) is 0 Å². The number of ether oxygens (including phenoxy) is 4. The molecule has 0 radical (unpaired) electrons. The normalized spacial score (nSPS) is 13.7. The molecule has 0 aromatic heterocycles. The number of aliphatic hydroxyl groups excluding tert-OH is 2. The number of carbonyl (C=O) groups excluding carboxylic acids is 2. The number of alkyl halides is 9. The average Bonchev–Trinajstić information content (AvgIpc) is 3.09. The van der Waals surface area contributed by atoms with Gasteiger partial charge < -0.3 is 29.2 Å². The van der Waals surface area contributed by atoms with Gasteiger partial charge in [-0.15, -0.1) is 0 Å². The summed E-state index contributed by atoms with van der Waals surface area (Å²) in [6.45, 7) is 5.51. The van der Waals surface area contributed by atoms with Crippen LogP contribution in [0.1, 0.15) is 86.9 Å². The Labute approximate surface area is 321 Å². The third-order valence-electron chi connectivity index (χ3n) is 8.39. The van der Waals surface area contributed by atoms with Crippen LogP contribution in [0, 0.1) is 5.82 Å². The number of aliphatic hydroxyl groups is 2. The molecule has 19 heteroatoms. The maximum atomic E-state index is 15.0. The Hall–Kier alpha value is -4.78. The van der Waals surface area contributed by atoms with Gasteiger partial charge in [-0.2, -0.15) is 39.5 Å². The molecule has 0 fully saturated rings. The molecule has 0 aliphatic rings. The molecule has 3 aromatic rings. The summed E-state index contributed by atoms with van der Waals surface area (Å²) in [4.78, 5) is 27.6. The topological polar surface area (TPSA) is 115 Å². The molecule has 1 amide bonds. The fraction of sp³-hybridized carbons (Fsp3) is 0.474. The smallest absolute Gasteiger partial charge is 0.496 e. The molecule has 0 unspecified atom stereocenters. The molecular weight excluding hydrogens is 788 g/mol. The zero-order chi connectivity index (χ0) is 43.4. The van der Waals surface area contributed by atoms with Crippen molar-refractivity contribution in [3.63, 3.8) is 0 Å². The van der Waals surface area contributed by atoms with Crippen LogP contribution in [0.25, 0.3) is 11.1 Å². The van der Waals surface area contributed by atoms with E-state index in [0.29, 0.717) is 17.0 Å². The van der Waals surface area contributed by atoms with Gasteiger partial charge in [-0.05, 0) is 92.3 Å². The molecule has 2 atom stereocenters. The predicted octanol–water partition coefficient (Wildman–Crippen LogP) is 10.1. The molecule has 0 aliphatic heterocycles. The van der Waals surface area contributed by atoms with E-state index in [2.05, 4.69) is 0 Å². The molecule has 0 heterocycles. The van der Waals surface area contributed by atoms with E-state index < -0.39 is 108 Å². The first-order valence-corrected chi connectivity index (χ1v) is 17.1. The van der Waals surface area contributed by atoms with Crippen LogP contribution in [-0.2, 0) is 39.3 Å². The molecule has 0 saturated carbocycles. The van der Waals surface area contributed by atoms with Crippen LogP contribution in [0.15, 0.2) is 48.5 Å². The third kappa shape index (κ3) is 12.1. The van der Waals surface area contributed by atoms with E-state index in [9.17, 15) is 59.3 Å². The summed E-state index contributed by atoms with van der Waals surface area (Å²) in [6.07, 6.45) is -23.0. The van der Waals surface area contributed by atoms with Gasteiger partial charge in [-0.1, -0.05) is 19.9 Å². The first-order chi connectivity index (χ1) is 26.1. The molecule has 3 aromatic carbocycles. The molecule has 57 heavy (non-hydrogen) atoms. The number of methoxy groups -OCH3 is 1. The lowest BCUT2D eigenvalue weighted by Gasteiger charge is -2.36. The van der Waals surface area contributed by atoms with E-state index in [0.717, 1.165) is 26.2 Å². The number of halogens is 10. The fourth-order valence-electron chi connectivity index (χ4n) is 5.59. The van der Waals surface area contributed by atoms with Crippen molar-refractivity contribution in [2.24, 2.45) is 0 Å². The predicted molar refractivity (Wildman–Crippen MR) is 183 cm³/mol. The van der Waals surface area contributed by atoms with Crippen molar-refractivity contribution in [2.75, 3.05) is 20.3 Å². The van der Waals surface area contributed by atoms with Gasteiger partial charge >= 0.3 is 30.8 Å². The van der Waals surface area contributed by atoms with E-state index in [1.807, 2.05) is 0 Å². The Bertz CT molecular complexity index is 1850. The minimum atomic E-state index is -5.40. The zero-order valence-electron chi connectivity index (χ0n) is 31.6. The van der Waals surface area contributed by atoms with Gasteiger partial charge in [-0.25, -0.2) is 14.0 Å². The monoisotopic (exact) mass is 829 g/mol. The van der Waals surface area contributed by atoms with Crippen molar-refractivity contribution in [3.8, 4) is 16.9 Å². The molecule has 0 aliphatic carbocycles. The van der Waals surface area contributed by atoms with E-state index in [1.54, 1.807) is 13.8 Å². The highest BCUT2D eigenvalue weighted by Gasteiger charge is 2.41. The van der Waals surface area contributed by atoms with Crippen molar-refractivity contribution < 1.29 is 82.7 Å². The van der Waals surface area contributed by atoms with Crippen LogP contribution >= 0.6 is 0 Å². The third-order valence-corrected chi connectivity index (χ3v) is 8.39. The lowest BCUT2D eigenvalue weighted by molar-refractivity contribution is -0.143. The van der Waals surface area contributed by atoms with Gasteiger partial charge in [0.1, 0.15) is 17.2 Å². The molecule has 0 bridgehead atoms. The van der Waals surface area contributed by atoms with Crippen molar-refractivity contribution in [2.45, 2.75) is 96.4 Å². The standard InChI is InChI=1S/C38H41F10NO8/c1-19(2)28-14-29(31(54-7)15-30(28)39)27-9-8-23(36(40,41)42)12-22(27)16-49(33(52)57-35(4,5)6)20(3)32(56-34(53)55-26(17-50)18-51)21-10-24(37(43,44)45)13-25(11-21)38(46,47)48/h8-15,19-20,26,32,50-51H,16-18H2,1-7H3/t20-,32-/m0/s1. The lowest BCUT2D eigenvalue weighted by atomic mass is 9.91. The van der Waals surface area contributed by atoms with Crippen LogP contribution in [0.3, 0.4) is 0 Å². The minimum Gasteiger partial charge on any atom is -0.496 e. The van der Waals surface area contributed by atoms with Crippen molar-refractivity contribution in [3.05, 3.63) is 87.7 Å². The molecule has 9 nitrogen and oxygen atoms in total. The average molecular weight is 830 g/mol. The maximum Gasteiger partial charge on any atom is 0.509 e. The molecule has 316 valence electrons. The van der Waals surface area contributed by atoms with Crippen LogP contribution in [0.5, 0.6) is 5.75 Å². The zero-order valence-corrected chi connectivity index (χ0v) is 31.6. The number of benzene rings is 3. The molecule has 0 spiro atoms. The number of hydrogen-bond donors (Lipinski definition) is 2. The maximum absolute atomic E-state index is 15.0. The first-order valence-electron chi connectivity index (χ1n) is 17.1. The van der Waals surface area contributed by atoms with Gasteiger partial charge in [-0.3, -0.25) is 4.90 Å². The van der Waals surface area contributed by atoms with Crippen LogP contribution in [0.2, 0.25) is 0 Å². The van der Waals surface area contributed by atoms with E-state index in [4.69, 9.17) is 18.9 Å². The van der Waals surface area contributed by atoms with Gasteiger partial charge in [0.15, 0.2) is 12.2 Å². The second kappa shape index (κ2) is 17.8. The molecule has 2 N–H and O–H groups in total. The molecule has 3 rings (SSSR count). The van der Waals surface area contributed by atoms with Crippen LogP contribution < -0.4 is 4.74 Å². The van der Waals surface area contributed by atoms with Gasteiger partial charge in [0.2, 0.25) is 0 Å². The molecular formula is C38H41F10NO8. The van der Waals surface area contributed by atoms with E-state index >= 15 is 4.39 Å². The SMILES string of the molecule is COc1cc(F)c(C(C)C)cc1-c1ccc(C(F)(F)F)cc1CN(C(=O)OC(C)(C)C)[C@@H](C)[C@H](OC(=O)OC(CO)CO)c1cc(C(F)(F)F)cc(C(F)(F)F)c1. The Morgan fingerprint density at radius 2 is 1.28 bits per heavy atom. The van der Waals surface area contributed by atoms with Crippen LogP contribution in [0.4, 0.5) is 53.5 Å². The highest BCUT2D eigenvalue weighted by molar-refractivity contribution is 5.76. The number of rotatable bonds is 12. The highest BCUT2D eigenvalue weighted by atomic mass is 19.4. The summed E-state index contributed by atoms with van der Waals surface area (Å²) in [7, 11) is 1.16. The summed E-state index contributed by atoms with van der Waals surface area (Å²) in [5, 5.41) is 18.8. The van der Waals surface area contributed by atoms with Crippen molar-refractivity contribution >= 4 is 12.2 Å². The first kappa shape index (κ1) is 46.6. The van der Waals surface area contributed by atoms with E-state index in [1.165, 1.54) is 26.8 Å². The lowest BCUT2D eigenvalue weighted by Crippen LogP contribution is -2.45. The van der Waals surface area contributed by atoms with Gasteiger partial charge in [0.05, 0.1) is 49.6 Å². The van der Waals surface area contributed by atoms with E-state index in [-0.39, 0.29) is 46.2 Å². The highest BCUT2D eigenvalue weighted by Crippen LogP contribution is 2.42. The second-order valence-corrected chi connectivity index (χ2v) is 14.2. The minimum absolute atomic E-state index is 0.0474. The summed E-state index contributed by atoms with van der Waals surface area (Å²) < 4.78 is 163. The largest absolute Gasteiger partial charge is 0.509 e. The summed E-state index contributed by atoms with van der Waals surface area (Å²) in [5.41, 5.74) is -7.53. The van der Waals surface area contributed by atoms with Crippen molar-refractivity contribution in [1.82, 2.24) is 4.90 Å². The number of nitrogens with zero attached hydrogens (tertiary/aromatic N) is 1. The quantitative estimate of drug-likeness (QED) is 0.137. The molecule has 0 saturated heterocycles. The fourth-order valence-corrected chi connectivity index (χ4v) is 5.59. The Balaban J connectivity index is 2.42. The Morgan fingerprint density at radius 3 is 1.74 bits per heavy atom.